The Kier molecular flexibility index (Phi) is 4.05. The topological polar surface area (TPSA) is 64.5 Å². The van der Waals surface area contributed by atoms with Crippen LogP contribution in [0.3, 0.4) is 0 Å². The van der Waals surface area contributed by atoms with Gasteiger partial charge in [-0.15, -0.1) is 0 Å². The van der Waals surface area contributed by atoms with E-state index in [4.69, 9.17) is 9.47 Å². The highest BCUT2D eigenvalue weighted by Gasteiger charge is 2.06. The minimum atomic E-state index is 0.133. The van der Waals surface area contributed by atoms with Crippen molar-refractivity contribution in [2.24, 2.45) is 0 Å². The molecule has 0 spiro atoms. The van der Waals surface area contributed by atoms with Gasteiger partial charge >= 0.3 is 0 Å². The van der Waals surface area contributed by atoms with Gasteiger partial charge in [0.05, 0.1) is 24.6 Å². The molecular weight excluding hydrogens is 280 g/mol. The number of hydrogen-bond donors (Lipinski definition) is 1. The van der Waals surface area contributed by atoms with Gasteiger partial charge in [-0.05, 0) is 29.8 Å². The molecule has 3 rings (SSSR count). The number of phenols is 1. The van der Waals surface area contributed by atoms with Crippen molar-refractivity contribution in [2.75, 3.05) is 13.7 Å². The lowest BCUT2D eigenvalue weighted by Crippen LogP contribution is -2.03. The van der Waals surface area contributed by atoms with E-state index in [-0.39, 0.29) is 5.75 Å². The molecule has 0 bridgehead atoms. The number of nitrogens with zero attached hydrogens (tertiary/aromatic N) is 2. The summed E-state index contributed by atoms with van der Waals surface area (Å²) < 4.78 is 10.9. The summed E-state index contributed by atoms with van der Waals surface area (Å²) in [5.41, 5.74) is 1.88. The molecule has 0 fully saturated rings. The van der Waals surface area contributed by atoms with Crippen molar-refractivity contribution in [3.63, 3.8) is 0 Å². The molecule has 0 amide bonds. The summed E-state index contributed by atoms with van der Waals surface area (Å²) in [4.78, 5) is 8.39. The third-order valence-electron chi connectivity index (χ3n) is 3.38. The molecule has 1 N–H and O–H groups in total. The molecule has 0 saturated heterocycles. The number of aromatic nitrogens is 2. The Morgan fingerprint density at radius 3 is 2.82 bits per heavy atom. The Balaban J connectivity index is 1.70. The number of ether oxygens (including phenoxy) is 2. The van der Waals surface area contributed by atoms with Gasteiger partial charge in [-0.2, -0.15) is 0 Å². The third kappa shape index (κ3) is 2.93. The molecule has 0 unspecified atom stereocenters. The van der Waals surface area contributed by atoms with E-state index in [1.807, 2.05) is 30.3 Å². The maximum absolute atomic E-state index is 9.58. The molecule has 5 heteroatoms. The Morgan fingerprint density at radius 1 is 1.09 bits per heavy atom. The summed E-state index contributed by atoms with van der Waals surface area (Å²) in [6.07, 6.45) is 2.19. The van der Waals surface area contributed by atoms with Gasteiger partial charge in [0.15, 0.2) is 11.5 Å². The highest BCUT2D eigenvalue weighted by Crippen LogP contribution is 2.26. The van der Waals surface area contributed by atoms with Crippen LogP contribution in [0.25, 0.3) is 10.9 Å². The van der Waals surface area contributed by atoms with Crippen molar-refractivity contribution in [1.29, 1.82) is 0 Å². The van der Waals surface area contributed by atoms with Gasteiger partial charge in [-0.3, -0.25) is 0 Å². The first-order valence-electron chi connectivity index (χ1n) is 6.96. The summed E-state index contributed by atoms with van der Waals surface area (Å²) in [6.45, 7) is 0.481. The molecule has 3 aromatic rings. The van der Waals surface area contributed by atoms with E-state index in [1.165, 1.54) is 13.4 Å². The minimum Gasteiger partial charge on any atom is -0.504 e. The fourth-order valence-corrected chi connectivity index (χ4v) is 2.24. The number of benzene rings is 2. The number of aromatic hydroxyl groups is 1. The van der Waals surface area contributed by atoms with Crippen LogP contribution in [-0.4, -0.2) is 28.8 Å². The quantitative estimate of drug-likeness (QED) is 0.784. The maximum Gasteiger partial charge on any atom is 0.224 e. The van der Waals surface area contributed by atoms with Crippen molar-refractivity contribution in [1.82, 2.24) is 9.97 Å². The third-order valence-corrected chi connectivity index (χ3v) is 3.38. The standard InChI is InChI=1S/C17H16N2O3/c1-21-16-10-12(6-7-15(16)20)8-9-22-17-13-4-2-3-5-14(13)18-11-19-17/h2-7,10-11,20H,8-9H2,1H3. The van der Waals surface area contributed by atoms with E-state index in [9.17, 15) is 5.11 Å². The van der Waals surface area contributed by atoms with Crippen LogP contribution in [-0.2, 0) is 6.42 Å². The molecular formula is C17H16N2O3. The summed E-state index contributed by atoms with van der Waals surface area (Å²) in [6, 6.07) is 13.0. The Morgan fingerprint density at radius 2 is 1.95 bits per heavy atom. The molecule has 0 atom stereocenters. The summed E-state index contributed by atoms with van der Waals surface area (Å²) in [7, 11) is 1.53. The lowest BCUT2D eigenvalue weighted by atomic mass is 10.1. The van der Waals surface area contributed by atoms with Crippen molar-refractivity contribution in [3.8, 4) is 17.4 Å². The maximum atomic E-state index is 9.58. The second-order valence-electron chi connectivity index (χ2n) is 4.80. The van der Waals surface area contributed by atoms with Gasteiger partial charge in [0.25, 0.3) is 0 Å². The molecule has 1 aromatic heterocycles. The van der Waals surface area contributed by atoms with Crippen LogP contribution in [0.1, 0.15) is 5.56 Å². The highest BCUT2D eigenvalue weighted by atomic mass is 16.5. The van der Waals surface area contributed by atoms with Gasteiger partial charge in [-0.25, -0.2) is 9.97 Å². The largest absolute Gasteiger partial charge is 0.504 e. The van der Waals surface area contributed by atoms with Crippen LogP contribution < -0.4 is 9.47 Å². The second-order valence-corrected chi connectivity index (χ2v) is 4.80. The average Bonchev–Trinajstić information content (AvgIpc) is 2.56. The predicted molar refractivity (Wildman–Crippen MR) is 83.4 cm³/mol. The van der Waals surface area contributed by atoms with Gasteiger partial charge < -0.3 is 14.6 Å². The zero-order valence-corrected chi connectivity index (χ0v) is 12.2. The number of rotatable bonds is 5. The lowest BCUT2D eigenvalue weighted by molar-refractivity contribution is 0.312. The number of methoxy groups -OCH3 is 1. The monoisotopic (exact) mass is 296 g/mol. The van der Waals surface area contributed by atoms with Crippen molar-refractivity contribution in [3.05, 3.63) is 54.4 Å². The van der Waals surface area contributed by atoms with Crippen LogP contribution in [0.2, 0.25) is 0 Å². The van der Waals surface area contributed by atoms with Gasteiger partial charge in [0, 0.05) is 6.42 Å². The van der Waals surface area contributed by atoms with Crippen LogP contribution in [0.15, 0.2) is 48.8 Å². The first-order chi connectivity index (χ1) is 10.8. The molecule has 22 heavy (non-hydrogen) atoms. The van der Waals surface area contributed by atoms with E-state index in [0.29, 0.717) is 24.7 Å². The fraction of sp³-hybridized carbons (Fsp3) is 0.176. The zero-order valence-electron chi connectivity index (χ0n) is 12.2. The van der Waals surface area contributed by atoms with E-state index < -0.39 is 0 Å². The van der Waals surface area contributed by atoms with E-state index in [2.05, 4.69) is 9.97 Å². The Hall–Kier alpha value is -2.82. The number of phenolic OH excluding ortho intramolecular Hbond substituents is 1. The van der Waals surface area contributed by atoms with Gasteiger partial charge in [0.2, 0.25) is 5.88 Å². The highest BCUT2D eigenvalue weighted by molar-refractivity contribution is 5.82. The average molecular weight is 296 g/mol. The van der Waals surface area contributed by atoms with Crippen LogP contribution in [0.5, 0.6) is 17.4 Å². The first-order valence-corrected chi connectivity index (χ1v) is 6.96. The van der Waals surface area contributed by atoms with E-state index in [0.717, 1.165) is 16.5 Å². The zero-order chi connectivity index (χ0) is 15.4. The van der Waals surface area contributed by atoms with E-state index >= 15 is 0 Å². The molecule has 112 valence electrons. The molecule has 0 aliphatic heterocycles. The van der Waals surface area contributed by atoms with Gasteiger partial charge in [-0.1, -0.05) is 18.2 Å². The lowest BCUT2D eigenvalue weighted by Gasteiger charge is -2.09. The molecule has 0 radical (unpaired) electrons. The van der Waals surface area contributed by atoms with Crippen LogP contribution in [0.4, 0.5) is 0 Å². The second kappa shape index (κ2) is 6.30. The number of para-hydroxylation sites is 1. The SMILES string of the molecule is COc1cc(CCOc2ncnc3ccccc23)ccc1O. The van der Waals surface area contributed by atoms with Crippen LogP contribution >= 0.6 is 0 Å². The van der Waals surface area contributed by atoms with Crippen molar-refractivity contribution < 1.29 is 14.6 Å². The number of hydrogen-bond acceptors (Lipinski definition) is 5. The van der Waals surface area contributed by atoms with Crippen molar-refractivity contribution in [2.45, 2.75) is 6.42 Å². The molecule has 2 aromatic carbocycles. The Bertz CT molecular complexity index is 784. The number of fused-ring (bicyclic) bond motifs is 1. The summed E-state index contributed by atoms with van der Waals surface area (Å²) in [5, 5.41) is 10.5. The first kappa shape index (κ1) is 14.1. The smallest absolute Gasteiger partial charge is 0.224 e. The fourth-order valence-electron chi connectivity index (χ4n) is 2.24. The predicted octanol–water partition coefficient (Wildman–Crippen LogP) is 2.97. The van der Waals surface area contributed by atoms with Crippen molar-refractivity contribution >= 4 is 10.9 Å². The normalized spacial score (nSPS) is 10.6. The van der Waals surface area contributed by atoms with Crippen LogP contribution in [0, 0.1) is 0 Å². The molecule has 5 nitrogen and oxygen atoms in total. The van der Waals surface area contributed by atoms with Gasteiger partial charge in [0.1, 0.15) is 6.33 Å². The Labute approximate surface area is 128 Å². The summed E-state index contributed by atoms with van der Waals surface area (Å²) in [5.74, 6) is 1.18. The van der Waals surface area contributed by atoms with E-state index in [1.54, 1.807) is 12.1 Å². The summed E-state index contributed by atoms with van der Waals surface area (Å²) >= 11 is 0. The minimum absolute atomic E-state index is 0.133. The molecule has 0 aliphatic carbocycles. The molecule has 1 heterocycles. The molecule has 0 aliphatic rings. The molecule has 0 saturated carbocycles.